The largest absolute Gasteiger partial charge is 0.433 e. The number of nitrogens with one attached hydrogen (secondary N) is 1. The van der Waals surface area contributed by atoms with Gasteiger partial charge < -0.3 is 5.32 Å². The van der Waals surface area contributed by atoms with Crippen LogP contribution in [0.4, 0.5) is 29.1 Å². The summed E-state index contributed by atoms with van der Waals surface area (Å²) in [5, 5.41) is 2.54. The second kappa shape index (κ2) is 6.23. The third-order valence-electron chi connectivity index (χ3n) is 3.05. The van der Waals surface area contributed by atoms with E-state index < -0.39 is 17.7 Å². The first kappa shape index (κ1) is 15.9. The van der Waals surface area contributed by atoms with Crippen molar-refractivity contribution in [3.63, 3.8) is 0 Å². The standard InChI is InChI=1S/C16H10F4N4/c17-10-5-1-2-6-11(10)22-14-9-13(16(18,19)20)23-15(24-14)12-7-3-4-8-21-12/h1-9H,(H,22,23,24). The van der Waals surface area contributed by atoms with Crippen LogP contribution in [0.15, 0.2) is 54.7 Å². The number of pyridine rings is 1. The highest BCUT2D eigenvalue weighted by Gasteiger charge is 2.34. The van der Waals surface area contributed by atoms with Gasteiger partial charge in [-0.2, -0.15) is 13.2 Å². The van der Waals surface area contributed by atoms with Gasteiger partial charge >= 0.3 is 6.18 Å². The molecule has 4 nitrogen and oxygen atoms in total. The molecule has 0 saturated carbocycles. The monoisotopic (exact) mass is 334 g/mol. The van der Waals surface area contributed by atoms with Crippen LogP contribution < -0.4 is 5.32 Å². The minimum atomic E-state index is -4.67. The first-order valence-corrected chi connectivity index (χ1v) is 6.83. The molecule has 1 N–H and O–H groups in total. The Morgan fingerprint density at radius 1 is 0.917 bits per heavy atom. The first-order valence-electron chi connectivity index (χ1n) is 6.83. The Bertz CT molecular complexity index is 850. The molecule has 0 unspecified atom stereocenters. The Hall–Kier alpha value is -3.03. The first-order chi connectivity index (χ1) is 11.4. The summed E-state index contributed by atoms with van der Waals surface area (Å²) in [6, 6.07) is 11.0. The summed E-state index contributed by atoms with van der Waals surface area (Å²) in [5.74, 6) is -0.989. The van der Waals surface area contributed by atoms with Crippen molar-refractivity contribution in [1.29, 1.82) is 0 Å². The Balaban J connectivity index is 2.07. The van der Waals surface area contributed by atoms with Crippen molar-refractivity contribution in [3.05, 3.63) is 66.2 Å². The molecule has 3 aromatic rings. The molecule has 0 aliphatic heterocycles. The summed E-state index contributed by atoms with van der Waals surface area (Å²) in [6.07, 6.45) is -3.25. The van der Waals surface area contributed by atoms with Crippen molar-refractivity contribution in [2.45, 2.75) is 6.18 Å². The van der Waals surface area contributed by atoms with Crippen LogP contribution >= 0.6 is 0 Å². The quantitative estimate of drug-likeness (QED) is 0.720. The topological polar surface area (TPSA) is 50.7 Å². The van der Waals surface area contributed by atoms with Gasteiger partial charge in [-0.1, -0.05) is 18.2 Å². The highest BCUT2D eigenvalue weighted by atomic mass is 19.4. The molecule has 3 rings (SSSR count). The van der Waals surface area contributed by atoms with Gasteiger partial charge in [-0.15, -0.1) is 0 Å². The normalized spacial score (nSPS) is 11.3. The summed E-state index contributed by atoms with van der Waals surface area (Å²) in [4.78, 5) is 11.5. The summed E-state index contributed by atoms with van der Waals surface area (Å²) in [6.45, 7) is 0. The van der Waals surface area contributed by atoms with Crippen LogP contribution in [0.3, 0.4) is 0 Å². The zero-order chi connectivity index (χ0) is 17.2. The highest BCUT2D eigenvalue weighted by Crippen LogP contribution is 2.31. The van der Waals surface area contributed by atoms with Gasteiger partial charge in [0, 0.05) is 12.3 Å². The van der Waals surface area contributed by atoms with Crippen LogP contribution in [0.2, 0.25) is 0 Å². The van der Waals surface area contributed by atoms with Gasteiger partial charge in [0.2, 0.25) is 0 Å². The molecule has 1 aromatic carbocycles. The van der Waals surface area contributed by atoms with Crippen molar-refractivity contribution in [2.24, 2.45) is 0 Å². The smallest absolute Gasteiger partial charge is 0.338 e. The van der Waals surface area contributed by atoms with E-state index in [1.807, 2.05) is 0 Å². The number of anilines is 2. The number of rotatable bonds is 3. The molecule has 2 aromatic heterocycles. The fourth-order valence-electron chi connectivity index (χ4n) is 1.97. The number of halogens is 4. The summed E-state index contributed by atoms with van der Waals surface area (Å²) < 4.78 is 52.9. The van der Waals surface area contributed by atoms with Crippen LogP contribution in [0.1, 0.15) is 5.69 Å². The number of hydrogen-bond acceptors (Lipinski definition) is 4. The molecule has 0 saturated heterocycles. The molecule has 122 valence electrons. The molecule has 0 aliphatic carbocycles. The van der Waals surface area contributed by atoms with Crippen LogP contribution in [-0.2, 0) is 6.18 Å². The van der Waals surface area contributed by atoms with E-state index in [2.05, 4.69) is 20.3 Å². The van der Waals surface area contributed by atoms with Crippen LogP contribution in [0.25, 0.3) is 11.5 Å². The third-order valence-corrected chi connectivity index (χ3v) is 3.05. The third kappa shape index (κ3) is 3.48. The number of hydrogen-bond donors (Lipinski definition) is 1. The summed E-state index contributed by atoms with van der Waals surface area (Å²) in [5.41, 5.74) is -0.950. The van der Waals surface area contributed by atoms with Gasteiger partial charge in [-0.3, -0.25) is 4.98 Å². The second-order valence-corrected chi connectivity index (χ2v) is 4.78. The fourth-order valence-corrected chi connectivity index (χ4v) is 1.97. The van der Waals surface area contributed by atoms with Crippen molar-refractivity contribution in [2.75, 3.05) is 5.32 Å². The lowest BCUT2D eigenvalue weighted by molar-refractivity contribution is -0.141. The van der Waals surface area contributed by atoms with Gasteiger partial charge in [0.25, 0.3) is 0 Å². The number of para-hydroxylation sites is 1. The SMILES string of the molecule is Fc1ccccc1Nc1cc(C(F)(F)F)nc(-c2ccccn2)n1. The van der Waals surface area contributed by atoms with Crippen molar-refractivity contribution in [1.82, 2.24) is 15.0 Å². The van der Waals surface area contributed by atoms with Crippen LogP contribution in [0.5, 0.6) is 0 Å². The van der Waals surface area contributed by atoms with Crippen molar-refractivity contribution in [3.8, 4) is 11.5 Å². The van der Waals surface area contributed by atoms with Gasteiger partial charge in [-0.25, -0.2) is 14.4 Å². The van der Waals surface area contributed by atoms with E-state index in [1.54, 1.807) is 18.2 Å². The van der Waals surface area contributed by atoms with E-state index in [-0.39, 0.29) is 23.0 Å². The van der Waals surface area contributed by atoms with Crippen molar-refractivity contribution >= 4 is 11.5 Å². The lowest BCUT2D eigenvalue weighted by Crippen LogP contribution is -2.11. The molecular weight excluding hydrogens is 324 g/mol. The molecule has 0 radical (unpaired) electrons. The molecule has 0 atom stereocenters. The Morgan fingerprint density at radius 2 is 1.67 bits per heavy atom. The average molecular weight is 334 g/mol. The van der Waals surface area contributed by atoms with E-state index in [4.69, 9.17) is 0 Å². The number of nitrogens with zero attached hydrogens (tertiary/aromatic N) is 3. The average Bonchev–Trinajstić information content (AvgIpc) is 2.57. The van der Waals surface area contributed by atoms with E-state index in [0.29, 0.717) is 0 Å². The molecule has 0 fully saturated rings. The Kier molecular flexibility index (Phi) is 4.11. The number of benzene rings is 1. The molecule has 0 bridgehead atoms. The molecule has 8 heteroatoms. The lowest BCUT2D eigenvalue weighted by atomic mass is 10.3. The summed E-state index contributed by atoms with van der Waals surface area (Å²) in [7, 11) is 0. The van der Waals surface area contributed by atoms with Gasteiger partial charge in [-0.05, 0) is 24.3 Å². The lowest BCUT2D eigenvalue weighted by Gasteiger charge is -2.12. The van der Waals surface area contributed by atoms with Gasteiger partial charge in [0.1, 0.15) is 17.3 Å². The number of alkyl halides is 3. The Labute approximate surface area is 134 Å². The molecule has 0 aliphatic rings. The second-order valence-electron chi connectivity index (χ2n) is 4.78. The molecular formula is C16H10F4N4. The van der Waals surface area contributed by atoms with Crippen LogP contribution in [0, 0.1) is 5.82 Å². The van der Waals surface area contributed by atoms with Crippen LogP contribution in [-0.4, -0.2) is 15.0 Å². The predicted octanol–water partition coefficient (Wildman–Crippen LogP) is 4.44. The maximum Gasteiger partial charge on any atom is 0.433 e. The zero-order valence-corrected chi connectivity index (χ0v) is 12.0. The van der Waals surface area contributed by atoms with E-state index in [0.717, 1.165) is 6.07 Å². The minimum absolute atomic E-state index is 0.0105. The molecule has 24 heavy (non-hydrogen) atoms. The van der Waals surface area contributed by atoms with Gasteiger partial charge in [0.15, 0.2) is 11.5 Å². The fraction of sp³-hybridized carbons (Fsp3) is 0.0625. The number of aromatic nitrogens is 3. The minimum Gasteiger partial charge on any atom is -0.338 e. The van der Waals surface area contributed by atoms with E-state index >= 15 is 0 Å². The molecule has 2 heterocycles. The van der Waals surface area contributed by atoms with Gasteiger partial charge in [0.05, 0.1) is 5.69 Å². The maximum atomic E-state index is 13.7. The highest BCUT2D eigenvalue weighted by molar-refractivity contribution is 5.60. The maximum absolute atomic E-state index is 13.7. The summed E-state index contributed by atoms with van der Waals surface area (Å²) >= 11 is 0. The zero-order valence-electron chi connectivity index (χ0n) is 12.0. The van der Waals surface area contributed by atoms with E-state index in [9.17, 15) is 17.6 Å². The predicted molar refractivity (Wildman–Crippen MR) is 79.9 cm³/mol. The van der Waals surface area contributed by atoms with E-state index in [1.165, 1.54) is 30.5 Å². The molecule has 0 amide bonds. The molecule has 0 spiro atoms. The Morgan fingerprint density at radius 3 is 2.33 bits per heavy atom. The van der Waals surface area contributed by atoms with Crippen molar-refractivity contribution < 1.29 is 17.6 Å².